The molecule has 120 valence electrons. The summed E-state index contributed by atoms with van der Waals surface area (Å²) in [6.45, 7) is 0. The summed E-state index contributed by atoms with van der Waals surface area (Å²) in [4.78, 5) is 12.4. The molecule has 0 heterocycles. The van der Waals surface area contributed by atoms with Gasteiger partial charge in [-0.15, -0.1) is 0 Å². The molecule has 3 N–H and O–H groups in total. The number of carbonyl (C=O) groups is 1. The van der Waals surface area contributed by atoms with Crippen molar-refractivity contribution >= 4 is 11.6 Å². The second kappa shape index (κ2) is 6.87. The van der Waals surface area contributed by atoms with Crippen LogP contribution in [0.1, 0.15) is 21.5 Å². The van der Waals surface area contributed by atoms with Gasteiger partial charge in [-0.1, -0.05) is 48.5 Å². The topological polar surface area (TPSA) is 69.6 Å². The highest BCUT2D eigenvalue weighted by molar-refractivity contribution is 6.06. The molecule has 0 spiro atoms. The Labute approximate surface area is 140 Å². The van der Waals surface area contributed by atoms with Crippen LogP contribution in [0.2, 0.25) is 0 Å². The Balaban J connectivity index is 1.83. The minimum atomic E-state index is -0.469. The minimum absolute atomic E-state index is 0.0224. The van der Waals surface area contributed by atoms with E-state index in [1.807, 2.05) is 30.3 Å². The molecule has 0 bridgehead atoms. The summed E-state index contributed by atoms with van der Waals surface area (Å²) in [5.74, 6) is -0.588. The maximum atomic E-state index is 12.4. The summed E-state index contributed by atoms with van der Waals surface area (Å²) in [6.07, 6.45) is 0.665. The number of hydrogen-bond donors (Lipinski definition) is 3. The quantitative estimate of drug-likeness (QED) is 0.638. The largest absolute Gasteiger partial charge is 0.507 e. The van der Waals surface area contributed by atoms with E-state index in [1.54, 1.807) is 30.3 Å². The second-order valence-corrected chi connectivity index (χ2v) is 5.49. The molecule has 0 saturated carbocycles. The third-order valence-electron chi connectivity index (χ3n) is 3.71. The lowest BCUT2D eigenvalue weighted by Crippen LogP contribution is -2.12. The lowest BCUT2D eigenvalue weighted by Gasteiger charge is -2.10. The Morgan fingerprint density at radius 2 is 1.50 bits per heavy atom. The van der Waals surface area contributed by atoms with Crippen molar-refractivity contribution < 1.29 is 15.0 Å². The summed E-state index contributed by atoms with van der Waals surface area (Å²) in [6, 6.07) is 21.3. The Bertz CT molecular complexity index is 860. The Morgan fingerprint density at radius 1 is 0.792 bits per heavy atom. The Hall–Kier alpha value is -3.27. The second-order valence-electron chi connectivity index (χ2n) is 5.49. The molecule has 4 heteroatoms. The molecule has 3 aromatic carbocycles. The zero-order valence-electron chi connectivity index (χ0n) is 12.9. The Kier molecular flexibility index (Phi) is 4.47. The molecular weight excluding hydrogens is 302 g/mol. The molecular formula is C20H17NO3. The summed E-state index contributed by atoms with van der Waals surface area (Å²) >= 11 is 0. The van der Waals surface area contributed by atoms with Crippen molar-refractivity contribution in [1.82, 2.24) is 0 Å². The average Bonchev–Trinajstić information content (AvgIpc) is 2.59. The van der Waals surface area contributed by atoms with E-state index >= 15 is 0 Å². The number of para-hydroxylation sites is 2. The first kappa shape index (κ1) is 15.6. The number of amides is 1. The summed E-state index contributed by atoms with van der Waals surface area (Å²) < 4.78 is 0. The molecule has 0 fully saturated rings. The van der Waals surface area contributed by atoms with E-state index in [4.69, 9.17) is 0 Å². The number of rotatable bonds is 4. The van der Waals surface area contributed by atoms with Crippen molar-refractivity contribution in [3.63, 3.8) is 0 Å². The third kappa shape index (κ3) is 3.55. The van der Waals surface area contributed by atoms with Gasteiger partial charge in [-0.2, -0.15) is 0 Å². The van der Waals surface area contributed by atoms with Crippen molar-refractivity contribution in [1.29, 1.82) is 0 Å². The van der Waals surface area contributed by atoms with Crippen LogP contribution in [0.3, 0.4) is 0 Å². The number of phenols is 2. The molecule has 24 heavy (non-hydrogen) atoms. The standard InChI is InChI=1S/C20H17NO3/c22-18-11-10-15(12-14-6-2-1-3-7-14)13-16(18)20(24)21-17-8-4-5-9-19(17)23/h1-11,13,22-23H,12H2,(H,21,24). The van der Waals surface area contributed by atoms with Crippen molar-refractivity contribution in [3.8, 4) is 11.5 Å². The lowest BCUT2D eigenvalue weighted by atomic mass is 10.0. The smallest absolute Gasteiger partial charge is 0.259 e. The fraction of sp³-hybridized carbons (Fsp3) is 0.0500. The van der Waals surface area contributed by atoms with Gasteiger partial charge in [-0.25, -0.2) is 0 Å². The van der Waals surface area contributed by atoms with Gasteiger partial charge in [0.15, 0.2) is 0 Å². The van der Waals surface area contributed by atoms with E-state index < -0.39 is 5.91 Å². The van der Waals surface area contributed by atoms with Gasteiger partial charge in [-0.3, -0.25) is 4.79 Å². The van der Waals surface area contributed by atoms with Gasteiger partial charge >= 0.3 is 0 Å². The van der Waals surface area contributed by atoms with Crippen LogP contribution in [0.25, 0.3) is 0 Å². The van der Waals surface area contributed by atoms with Gasteiger partial charge in [0.2, 0.25) is 0 Å². The lowest BCUT2D eigenvalue weighted by molar-refractivity contribution is 0.102. The molecule has 0 aliphatic heterocycles. The van der Waals surface area contributed by atoms with E-state index in [0.717, 1.165) is 11.1 Å². The highest BCUT2D eigenvalue weighted by atomic mass is 16.3. The minimum Gasteiger partial charge on any atom is -0.507 e. The van der Waals surface area contributed by atoms with Crippen LogP contribution in [0, 0.1) is 0 Å². The fourth-order valence-corrected chi connectivity index (χ4v) is 2.48. The van der Waals surface area contributed by atoms with Gasteiger partial charge in [0.05, 0.1) is 11.3 Å². The molecule has 0 saturated heterocycles. The normalized spacial score (nSPS) is 10.3. The van der Waals surface area contributed by atoms with Crippen LogP contribution in [0.5, 0.6) is 11.5 Å². The highest BCUT2D eigenvalue weighted by Crippen LogP contribution is 2.25. The number of phenolic OH excluding ortho intramolecular Hbond substituents is 2. The summed E-state index contributed by atoms with van der Waals surface area (Å²) in [5.41, 5.74) is 2.51. The summed E-state index contributed by atoms with van der Waals surface area (Å²) in [5, 5.41) is 22.4. The maximum absolute atomic E-state index is 12.4. The van der Waals surface area contributed by atoms with E-state index in [-0.39, 0.29) is 17.1 Å². The number of hydrogen-bond acceptors (Lipinski definition) is 3. The fourth-order valence-electron chi connectivity index (χ4n) is 2.48. The monoisotopic (exact) mass is 319 g/mol. The number of carbonyl (C=O) groups excluding carboxylic acids is 1. The van der Waals surface area contributed by atoms with Gasteiger partial charge in [0, 0.05) is 0 Å². The SMILES string of the molecule is O=C(Nc1ccccc1O)c1cc(Cc2ccccc2)ccc1O. The highest BCUT2D eigenvalue weighted by Gasteiger charge is 2.14. The summed E-state index contributed by atoms with van der Waals surface area (Å²) in [7, 11) is 0. The number of anilines is 1. The first-order valence-corrected chi connectivity index (χ1v) is 7.58. The maximum Gasteiger partial charge on any atom is 0.259 e. The zero-order valence-corrected chi connectivity index (χ0v) is 12.9. The van der Waals surface area contributed by atoms with Crippen LogP contribution >= 0.6 is 0 Å². The average molecular weight is 319 g/mol. The molecule has 4 nitrogen and oxygen atoms in total. The van der Waals surface area contributed by atoms with Crippen LogP contribution in [-0.4, -0.2) is 16.1 Å². The van der Waals surface area contributed by atoms with Crippen molar-refractivity contribution in [2.45, 2.75) is 6.42 Å². The molecule has 0 unspecified atom stereocenters. The molecule has 0 aliphatic carbocycles. The van der Waals surface area contributed by atoms with E-state index in [2.05, 4.69) is 5.32 Å². The van der Waals surface area contributed by atoms with Crippen molar-refractivity contribution in [2.24, 2.45) is 0 Å². The van der Waals surface area contributed by atoms with Gasteiger partial charge < -0.3 is 15.5 Å². The first-order chi connectivity index (χ1) is 11.6. The van der Waals surface area contributed by atoms with Crippen LogP contribution in [0.15, 0.2) is 72.8 Å². The van der Waals surface area contributed by atoms with Gasteiger partial charge in [-0.05, 0) is 41.8 Å². The molecule has 0 atom stereocenters. The van der Waals surface area contributed by atoms with E-state index in [9.17, 15) is 15.0 Å². The predicted molar refractivity (Wildman–Crippen MR) is 93.4 cm³/mol. The van der Waals surface area contributed by atoms with Gasteiger partial charge in [0.25, 0.3) is 5.91 Å². The third-order valence-corrected chi connectivity index (χ3v) is 3.71. The van der Waals surface area contributed by atoms with Crippen molar-refractivity contribution in [2.75, 3.05) is 5.32 Å². The van der Waals surface area contributed by atoms with Gasteiger partial charge in [0.1, 0.15) is 11.5 Å². The van der Waals surface area contributed by atoms with E-state index in [1.165, 1.54) is 12.1 Å². The number of aromatic hydroxyl groups is 2. The zero-order chi connectivity index (χ0) is 16.9. The van der Waals surface area contributed by atoms with Crippen LogP contribution in [0.4, 0.5) is 5.69 Å². The number of nitrogens with one attached hydrogen (secondary N) is 1. The Morgan fingerprint density at radius 3 is 2.25 bits per heavy atom. The molecule has 1 amide bonds. The number of benzene rings is 3. The first-order valence-electron chi connectivity index (χ1n) is 7.58. The van der Waals surface area contributed by atoms with Crippen molar-refractivity contribution in [3.05, 3.63) is 89.5 Å². The van der Waals surface area contributed by atoms with E-state index in [0.29, 0.717) is 12.1 Å². The molecule has 0 aliphatic rings. The van der Waals surface area contributed by atoms with Crippen LogP contribution in [-0.2, 0) is 6.42 Å². The van der Waals surface area contributed by atoms with Crippen LogP contribution < -0.4 is 5.32 Å². The molecule has 0 aromatic heterocycles. The molecule has 3 rings (SSSR count). The predicted octanol–water partition coefficient (Wildman–Crippen LogP) is 3.94. The molecule has 3 aromatic rings. The molecule has 0 radical (unpaired) electrons.